The Kier molecular flexibility index (Phi) is 9.58. The van der Waals surface area contributed by atoms with Gasteiger partial charge in [-0.05, 0) is 37.8 Å². The third-order valence-corrected chi connectivity index (χ3v) is 2.30. The standard InChI is InChI=1S/C14H22O2/c1-3-13(15)11-9-7-5-6-8-10-12-14(16)4-2/h9-12H,3-8H2,1-2H3/b11-9+,12-10+. The van der Waals surface area contributed by atoms with Crippen molar-refractivity contribution in [2.45, 2.75) is 52.4 Å². The number of unbranched alkanes of at least 4 members (excludes halogenated alkanes) is 3. The van der Waals surface area contributed by atoms with Gasteiger partial charge in [0.25, 0.3) is 0 Å². The summed E-state index contributed by atoms with van der Waals surface area (Å²) in [4.78, 5) is 21.8. The molecule has 2 nitrogen and oxygen atoms in total. The van der Waals surface area contributed by atoms with Crippen LogP contribution in [0.1, 0.15) is 52.4 Å². The zero-order valence-electron chi connectivity index (χ0n) is 10.4. The lowest BCUT2D eigenvalue weighted by Gasteiger charge is -1.93. The van der Waals surface area contributed by atoms with E-state index in [1.807, 2.05) is 26.0 Å². The molecule has 0 aromatic rings. The fourth-order valence-corrected chi connectivity index (χ4v) is 1.19. The molecule has 0 fully saturated rings. The zero-order valence-corrected chi connectivity index (χ0v) is 10.4. The highest BCUT2D eigenvalue weighted by Gasteiger charge is 1.90. The number of ketones is 2. The molecule has 0 rings (SSSR count). The molecule has 0 radical (unpaired) electrons. The van der Waals surface area contributed by atoms with Crippen LogP contribution in [0.2, 0.25) is 0 Å². The van der Waals surface area contributed by atoms with Crippen molar-refractivity contribution in [1.29, 1.82) is 0 Å². The lowest BCUT2D eigenvalue weighted by atomic mass is 10.1. The van der Waals surface area contributed by atoms with Crippen molar-refractivity contribution in [3.63, 3.8) is 0 Å². The van der Waals surface area contributed by atoms with E-state index in [9.17, 15) is 9.59 Å². The van der Waals surface area contributed by atoms with Gasteiger partial charge in [0.15, 0.2) is 11.6 Å². The van der Waals surface area contributed by atoms with Crippen molar-refractivity contribution in [3.8, 4) is 0 Å². The third kappa shape index (κ3) is 9.38. The summed E-state index contributed by atoms with van der Waals surface area (Å²) in [7, 11) is 0. The molecular formula is C14H22O2. The predicted octanol–water partition coefficient (Wildman–Crippen LogP) is 3.62. The van der Waals surface area contributed by atoms with E-state index in [0.717, 1.165) is 25.7 Å². The van der Waals surface area contributed by atoms with Gasteiger partial charge in [0.2, 0.25) is 0 Å². The summed E-state index contributed by atoms with van der Waals surface area (Å²) < 4.78 is 0. The van der Waals surface area contributed by atoms with Gasteiger partial charge in [-0.2, -0.15) is 0 Å². The summed E-state index contributed by atoms with van der Waals surface area (Å²) in [5.74, 6) is 0.377. The van der Waals surface area contributed by atoms with Crippen LogP contribution >= 0.6 is 0 Å². The molecule has 0 unspecified atom stereocenters. The van der Waals surface area contributed by atoms with Gasteiger partial charge in [0, 0.05) is 12.8 Å². The van der Waals surface area contributed by atoms with E-state index >= 15 is 0 Å². The number of hydrogen-bond acceptors (Lipinski definition) is 2. The van der Waals surface area contributed by atoms with Crippen LogP contribution in [0.4, 0.5) is 0 Å². The molecule has 16 heavy (non-hydrogen) atoms. The van der Waals surface area contributed by atoms with Gasteiger partial charge in [0.1, 0.15) is 0 Å². The maximum Gasteiger partial charge on any atom is 0.155 e. The van der Waals surface area contributed by atoms with Crippen molar-refractivity contribution in [2.75, 3.05) is 0 Å². The van der Waals surface area contributed by atoms with Crippen LogP contribution in [0.15, 0.2) is 24.3 Å². The van der Waals surface area contributed by atoms with E-state index < -0.39 is 0 Å². The number of carbonyl (C=O) groups is 2. The Morgan fingerprint density at radius 1 is 0.812 bits per heavy atom. The fraction of sp³-hybridized carbons (Fsp3) is 0.571. The highest BCUT2D eigenvalue weighted by atomic mass is 16.1. The lowest BCUT2D eigenvalue weighted by Crippen LogP contribution is -1.87. The molecule has 0 amide bonds. The molecule has 0 atom stereocenters. The third-order valence-electron chi connectivity index (χ3n) is 2.30. The van der Waals surface area contributed by atoms with Crippen molar-refractivity contribution >= 4 is 11.6 Å². The number of hydrogen-bond donors (Lipinski definition) is 0. The number of carbonyl (C=O) groups excluding carboxylic acids is 2. The summed E-state index contributed by atoms with van der Waals surface area (Å²) >= 11 is 0. The van der Waals surface area contributed by atoms with Gasteiger partial charge < -0.3 is 0 Å². The maximum absolute atomic E-state index is 10.9. The first-order valence-corrected chi connectivity index (χ1v) is 6.09. The molecule has 0 heterocycles. The van der Waals surface area contributed by atoms with E-state index in [4.69, 9.17) is 0 Å². The van der Waals surface area contributed by atoms with Crippen LogP contribution in [-0.2, 0) is 9.59 Å². The van der Waals surface area contributed by atoms with Crippen molar-refractivity contribution in [2.24, 2.45) is 0 Å². The summed E-state index contributed by atoms with van der Waals surface area (Å²) in [5.41, 5.74) is 0. The molecule has 0 saturated heterocycles. The molecule has 0 bridgehead atoms. The fourth-order valence-electron chi connectivity index (χ4n) is 1.19. The molecular weight excluding hydrogens is 200 g/mol. The maximum atomic E-state index is 10.9. The SMILES string of the molecule is CCC(=O)/C=C/CCCC/C=C/C(=O)CC. The topological polar surface area (TPSA) is 34.1 Å². The summed E-state index contributed by atoms with van der Waals surface area (Å²) in [6, 6.07) is 0. The molecule has 2 heteroatoms. The highest BCUT2D eigenvalue weighted by molar-refractivity contribution is 5.89. The summed E-state index contributed by atoms with van der Waals surface area (Å²) in [6.07, 6.45) is 12.4. The first-order valence-electron chi connectivity index (χ1n) is 6.09. The molecule has 0 aliphatic carbocycles. The average molecular weight is 222 g/mol. The van der Waals surface area contributed by atoms with Gasteiger partial charge in [-0.15, -0.1) is 0 Å². The molecule has 0 N–H and O–H groups in total. The minimum Gasteiger partial charge on any atom is -0.295 e. The Bertz CT molecular complexity index is 234. The van der Waals surface area contributed by atoms with E-state index in [1.165, 1.54) is 0 Å². The molecule has 0 spiro atoms. The van der Waals surface area contributed by atoms with Crippen molar-refractivity contribution in [3.05, 3.63) is 24.3 Å². The largest absolute Gasteiger partial charge is 0.295 e. The summed E-state index contributed by atoms with van der Waals surface area (Å²) in [5, 5.41) is 0. The first kappa shape index (κ1) is 14.8. The van der Waals surface area contributed by atoms with Gasteiger partial charge in [-0.25, -0.2) is 0 Å². The smallest absolute Gasteiger partial charge is 0.155 e. The van der Waals surface area contributed by atoms with E-state index in [-0.39, 0.29) is 11.6 Å². The highest BCUT2D eigenvalue weighted by Crippen LogP contribution is 2.02. The van der Waals surface area contributed by atoms with Crippen LogP contribution < -0.4 is 0 Å². The Morgan fingerprint density at radius 3 is 1.50 bits per heavy atom. The Morgan fingerprint density at radius 2 is 1.19 bits per heavy atom. The van der Waals surface area contributed by atoms with Crippen LogP contribution in [-0.4, -0.2) is 11.6 Å². The monoisotopic (exact) mass is 222 g/mol. The zero-order chi connectivity index (χ0) is 12.2. The van der Waals surface area contributed by atoms with Crippen LogP contribution in [0.25, 0.3) is 0 Å². The molecule has 0 aliphatic rings. The number of allylic oxidation sites excluding steroid dienone is 4. The molecule has 0 saturated carbocycles. The Hall–Kier alpha value is -1.18. The minimum atomic E-state index is 0.188. The minimum absolute atomic E-state index is 0.188. The first-order chi connectivity index (χ1) is 7.70. The van der Waals surface area contributed by atoms with Gasteiger partial charge in [-0.3, -0.25) is 9.59 Å². The van der Waals surface area contributed by atoms with Crippen molar-refractivity contribution in [1.82, 2.24) is 0 Å². The van der Waals surface area contributed by atoms with Crippen LogP contribution in [0, 0.1) is 0 Å². The molecule has 0 aliphatic heterocycles. The van der Waals surface area contributed by atoms with Gasteiger partial charge >= 0.3 is 0 Å². The lowest BCUT2D eigenvalue weighted by molar-refractivity contribution is -0.115. The number of rotatable bonds is 9. The molecule has 90 valence electrons. The van der Waals surface area contributed by atoms with Gasteiger partial charge in [0.05, 0.1) is 0 Å². The normalized spacial score (nSPS) is 11.4. The predicted molar refractivity (Wildman–Crippen MR) is 67.3 cm³/mol. The quantitative estimate of drug-likeness (QED) is 0.441. The van der Waals surface area contributed by atoms with E-state index in [1.54, 1.807) is 12.2 Å². The van der Waals surface area contributed by atoms with Gasteiger partial charge in [-0.1, -0.05) is 26.0 Å². The Balaban J connectivity index is 3.41. The second-order valence-corrected chi connectivity index (χ2v) is 3.73. The van der Waals surface area contributed by atoms with Crippen molar-refractivity contribution < 1.29 is 9.59 Å². The molecule has 0 aromatic carbocycles. The van der Waals surface area contributed by atoms with Crippen LogP contribution in [0.5, 0.6) is 0 Å². The van der Waals surface area contributed by atoms with E-state index in [2.05, 4.69) is 0 Å². The second-order valence-electron chi connectivity index (χ2n) is 3.73. The van der Waals surface area contributed by atoms with Crippen LogP contribution in [0.3, 0.4) is 0 Å². The van der Waals surface area contributed by atoms with E-state index in [0.29, 0.717) is 12.8 Å². The average Bonchev–Trinajstić information content (AvgIpc) is 2.31. The summed E-state index contributed by atoms with van der Waals surface area (Å²) in [6.45, 7) is 3.73. The second kappa shape index (κ2) is 10.3. The Labute approximate surface area is 98.4 Å². The molecule has 0 aromatic heterocycles.